The van der Waals surface area contributed by atoms with Gasteiger partial charge in [-0.05, 0) is 24.6 Å². The Bertz CT molecular complexity index is 1230. The van der Waals surface area contributed by atoms with Crippen LogP contribution in [0.1, 0.15) is 6.42 Å². The molecular formula is C19H15F2N5O2. The van der Waals surface area contributed by atoms with Crippen LogP contribution >= 0.6 is 0 Å². The van der Waals surface area contributed by atoms with Crippen LogP contribution in [0.2, 0.25) is 0 Å². The number of aromatic nitrogens is 4. The number of hydrogen-bond acceptors (Lipinski definition) is 4. The van der Waals surface area contributed by atoms with Crippen LogP contribution in [0.15, 0.2) is 30.7 Å². The molecule has 0 bridgehead atoms. The maximum atomic E-state index is 14.5. The number of aromatic amines is 2. The van der Waals surface area contributed by atoms with Crippen LogP contribution < -0.4 is 10.1 Å². The molecule has 4 aromatic rings. The molecule has 2 unspecified atom stereocenters. The number of ether oxygens (including phenoxy) is 1. The van der Waals surface area contributed by atoms with Gasteiger partial charge in [-0.1, -0.05) is 0 Å². The summed E-state index contributed by atoms with van der Waals surface area (Å²) in [7, 11) is 1.51. The molecule has 142 valence electrons. The first-order chi connectivity index (χ1) is 13.6. The standard InChI is InChI=1S/C19H15F2N5O2/c1-28-17-9(4-13(21)15-16(17)24-7-23-15)11-6-22-18-8(11)2-3-14(25-18)26-19(27)10-5-12(10)20/h2-4,6-7,10,12H,5H2,1H3,(H,23,24)(H2,22,25,26,27). The molecule has 0 spiro atoms. The molecule has 1 fully saturated rings. The number of imidazole rings is 1. The van der Waals surface area contributed by atoms with E-state index in [1.807, 2.05) is 0 Å². The van der Waals surface area contributed by atoms with Gasteiger partial charge in [-0.25, -0.2) is 18.7 Å². The van der Waals surface area contributed by atoms with Gasteiger partial charge in [0.2, 0.25) is 5.91 Å². The van der Waals surface area contributed by atoms with E-state index in [2.05, 4.69) is 25.3 Å². The predicted octanol–water partition coefficient (Wildman–Crippen LogP) is 3.55. The summed E-state index contributed by atoms with van der Waals surface area (Å²) in [4.78, 5) is 26.2. The Hall–Kier alpha value is -3.49. The number of rotatable bonds is 4. The molecule has 9 heteroatoms. The highest BCUT2D eigenvalue weighted by molar-refractivity contribution is 6.01. The Labute approximate surface area is 157 Å². The summed E-state index contributed by atoms with van der Waals surface area (Å²) < 4.78 is 33.0. The molecule has 3 N–H and O–H groups in total. The fourth-order valence-electron chi connectivity index (χ4n) is 3.41. The lowest BCUT2D eigenvalue weighted by molar-refractivity contribution is -0.117. The van der Waals surface area contributed by atoms with Gasteiger partial charge in [-0.3, -0.25) is 4.79 Å². The molecule has 2 atom stereocenters. The Kier molecular flexibility index (Phi) is 3.58. The number of halogens is 2. The van der Waals surface area contributed by atoms with Gasteiger partial charge in [-0.15, -0.1) is 0 Å². The van der Waals surface area contributed by atoms with E-state index in [4.69, 9.17) is 4.74 Å². The van der Waals surface area contributed by atoms with Gasteiger partial charge >= 0.3 is 0 Å². The number of alkyl halides is 1. The smallest absolute Gasteiger partial charge is 0.231 e. The largest absolute Gasteiger partial charge is 0.494 e. The number of fused-ring (bicyclic) bond motifs is 2. The average molecular weight is 383 g/mol. The average Bonchev–Trinajstić information content (AvgIpc) is 3.08. The zero-order chi connectivity index (χ0) is 19.4. The molecule has 3 heterocycles. The molecular weight excluding hydrogens is 368 g/mol. The molecule has 1 aromatic carbocycles. The highest BCUT2D eigenvalue weighted by Crippen LogP contribution is 2.40. The first kappa shape index (κ1) is 16.7. The Morgan fingerprint density at radius 3 is 2.89 bits per heavy atom. The maximum Gasteiger partial charge on any atom is 0.231 e. The number of hydrogen-bond donors (Lipinski definition) is 3. The Morgan fingerprint density at radius 2 is 2.14 bits per heavy atom. The minimum Gasteiger partial charge on any atom is -0.494 e. The Balaban J connectivity index is 1.57. The van der Waals surface area contributed by atoms with Crippen molar-refractivity contribution in [1.82, 2.24) is 19.9 Å². The fraction of sp³-hybridized carbons (Fsp3) is 0.211. The number of carbonyl (C=O) groups excluding carboxylic acids is 1. The van der Waals surface area contributed by atoms with Crippen molar-refractivity contribution >= 4 is 33.8 Å². The Morgan fingerprint density at radius 1 is 1.32 bits per heavy atom. The summed E-state index contributed by atoms with van der Waals surface area (Å²) in [6, 6.07) is 4.76. The second kappa shape index (κ2) is 6.01. The predicted molar refractivity (Wildman–Crippen MR) is 99.3 cm³/mol. The second-order valence-electron chi connectivity index (χ2n) is 6.71. The van der Waals surface area contributed by atoms with E-state index in [0.29, 0.717) is 33.9 Å². The van der Waals surface area contributed by atoms with E-state index in [9.17, 15) is 13.6 Å². The maximum absolute atomic E-state index is 14.5. The number of anilines is 1. The molecule has 1 amide bonds. The number of H-pyrrole nitrogens is 2. The SMILES string of the molecule is COc1c(-c2c[nH]c3nc(NC(=O)C4CC4F)ccc23)cc(F)c2nc[nH]c12. The van der Waals surface area contributed by atoms with Gasteiger partial charge in [0.25, 0.3) is 0 Å². The molecule has 1 aliphatic rings. The van der Waals surface area contributed by atoms with Crippen molar-refractivity contribution in [2.24, 2.45) is 5.92 Å². The summed E-state index contributed by atoms with van der Waals surface area (Å²) in [5.74, 6) is -0.643. The molecule has 5 rings (SSSR count). The summed E-state index contributed by atoms with van der Waals surface area (Å²) in [5, 5.41) is 3.35. The molecule has 28 heavy (non-hydrogen) atoms. The zero-order valence-corrected chi connectivity index (χ0v) is 14.7. The number of pyridine rings is 1. The number of nitrogens with one attached hydrogen (secondary N) is 3. The lowest BCUT2D eigenvalue weighted by Crippen LogP contribution is -2.15. The van der Waals surface area contributed by atoms with Crippen molar-refractivity contribution in [3.05, 3.63) is 36.5 Å². The normalized spacial score (nSPS) is 18.5. The summed E-state index contributed by atoms with van der Waals surface area (Å²) >= 11 is 0. The molecule has 1 saturated carbocycles. The van der Waals surface area contributed by atoms with Crippen LogP contribution in [0, 0.1) is 11.7 Å². The highest BCUT2D eigenvalue weighted by atomic mass is 19.1. The molecule has 0 saturated heterocycles. The fourth-order valence-corrected chi connectivity index (χ4v) is 3.41. The molecule has 0 aliphatic heterocycles. The van der Waals surface area contributed by atoms with E-state index in [1.54, 1.807) is 18.3 Å². The number of carbonyl (C=O) groups is 1. The van der Waals surface area contributed by atoms with Crippen molar-refractivity contribution < 1.29 is 18.3 Å². The highest BCUT2D eigenvalue weighted by Gasteiger charge is 2.43. The first-order valence-corrected chi connectivity index (χ1v) is 8.70. The van der Waals surface area contributed by atoms with Gasteiger partial charge in [-0.2, -0.15) is 0 Å². The van der Waals surface area contributed by atoms with E-state index in [0.717, 1.165) is 5.39 Å². The molecule has 3 aromatic heterocycles. The first-order valence-electron chi connectivity index (χ1n) is 8.70. The van der Waals surface area contributed by atoms with Gasteiger partial charge < -0.3 is 20.0 Å². The van der Waals surface area contributed by atoms with Crippen molar-refractivity contribution in [2.45, 2.75) is 12.6 Å². The summed E-state index contributed by atoms with van der Waals surface area (Å²) in [6.45, 7) is 0. The quantitative estimate of drug-likeness (QED) is 0.502. The van der Waals surface area contributed by atoms with Crippen LogP contribution in [0.5, 0.6) is 5.75 Å². The summed E-state index contributed by atoms with van der Waals surface area (Å²) in [6.07, 6.45) is 2.29. The van der Waals surface area contributed by atoms with Crippen molar-refractivity contribution in [2.75, 3.05) is 12.4 Å². The third kappa shape index (κ3) is 2.50. The van der Waals surface area contributed by atoms with Gasteiger partial charge in [0.15, 0.2) is 11.6 Å². The number of methoxy groups -OCH3 is 1. The van der Waals surface area contributed by atoms with Gasteiger partial charge in [0.05, 0.1) is 19.4 Å². The second-order valence-corrected chi connectivity index (χ2v) is 6.71. The zero-order valence-electron chi connectivity index (χ0n) is 14.7. The van der Waals surface area contributed by atoms with Gasteiger partial charge in [0, 0.05) is 22.7 Å². The van der Waals surface area contributed by atoms with Crippen LogP contribution in [-0.4, -0.2) is 39.1 Å². The molecule has 0 radical (unpaired) electrons. The van der Waals surface area contributed by atoms with Crippen molar-refractivity contribution in [1.29, 1.82) is 0 Å². The van der Waals surface area contributed by atoms with E-state index in [1.165, 1.54) is 19.5 Å². The van der Waals surface area contributed by atoms with E-state index in [-0.39, 0.29) is 17.8 Å². The summed E-state index contributed by atoms with van der Waals surface area (Å²) in [5.41, 5.74) is 2.41. The van der Waals surface area contributed by atoms with Crippen molar-refractivity contribution in [3.8, 4) is 16.9 Å². The lowest BCUT2D eigenvalue weighted by atomic mass is 10.0. The number of nitrogens with zero attached hydrogens (tertiary/aromatic N) is 2. The minimum absolute atomic E-state index is 0.204. The third-order valence-corrected chi connectivity index (χ3v) is 4.94. The molecule has 7 nitrogen and oxygen atoms in total. The third-order valence-electron chi connectivity index (χ3n) is 4.94. The van der Waals surface area contributed by atoms with E-state index < -0.39 is 17.9 Å². The van der Waals surface area contributed by atoms with E-state index >= 15 is 0 Å². The number of benzene rings is 1. The van der Waals surface area contributed by atoms with Crippen LogP contribution in [0.4, 0.5) is 14.6 Å². The topological polar surface area (TPSA) is 95.7 Å². The number of amides is 1. The van der Waals surface area contributed by atoms with Crippen LogP contribution in [0.3, 0.4) is 0 Å². The molecule has 1 aliphatic carbocycles. The van der Waals surface area contributed by atoms with Crippen molar-refractivity contribution in [3.63, 3.8) is 0 Å². The van der Waals surface area contributed by atoms with Crippen LogP contribution in [0.25, 0.3) is 33.2 Å². The lowest BCUT2D eigenvalue weighted by Gasteiger charge is -2.10. The van der Waals surface area contributed by atoms with Gasteiger partial charge in [0.1, 0.15) is 28.7 Å². The van der Waals surface area contributed by atoms with Crippen LogP contribution in [-0.2, 0) is 4.79 Å². The minimum atomic E-state index is -1.07. The monoisotopic (exact) mass is 383 g/mol.